The maximum absolute atomic E-state index is 11.2. The van der Waals surface area contributed by atoms with E-state index in [-0.39, 0.29) is 11.0 Å². The molecule has 15 heavy (non-hydrogen) atoms. The van der Waals surface area contributed by atoms with Gasteiger partial charge in [-0.2, -0.15) is 0 Å². The second kappa shape index (κ2) is 6.40. The molecule has 0 spiro atoms. The molecule has 1 unspecified atom stereocenters. The molecule has 0 fully saturated rings. The first-order chi connectivity index (χ1) is 7.22. The normalized spacial score (nSPS) is 12.7. The molecule has 0 aliphatic rings. The average molecular weight is 269 g/mol. The molecule has 2 nitrogen and oxygen atoms in total. The molecule has 0 aliphatic heterocycles. The van der Waals surface area contributed by atoms with E-state index in [2.05, 4.69) is 15.9 Å². The molecular formula is C12H13BrO2. The number of carbonyl (C=O) groups is 1. The summed E-state index contributed by atoms with van der Waals surface area (Å²) in [4.78, 5) is 11.2. The molecule has 1 aromatic rings. The van der Waals surface area contributed by atoms with Crippen LogP contribution >= 0.6 is 15.9 Å². The van der Waals surface area contributed by atoms with E-state index in [4.69, 9.17) is 4.74 Å². The zero-order valence-electron chi connectivity index (χ0n) is 8.52. The Morgan fingerprint density at radius 3 is 2.73 bits per heavy atom. The average Bonchev–Trinajstić information content (AvgIpc) is 2.27. The first-order valence-corrected chi connectivity index (χ1v) is 5.71. The van der Waals surface area contributed by atoms with Crippen molar-refractivity contribution in [3.8, 4) is 0 Å². The largest absolute Gasteiger partial charge is 0.448 e. The van der Waals surface area contributed by atoms with Crippen LogP contribution in [-0.4, -0.2) is 11.0 Å². The summed E-state index contributed by atoms with van der Waals surface area (Å²) in [6, 6.07) is 9.63. The number of esters is 1. The van der Waals surface area contributed by atoms with Crippen LogP contribution in [0.5, 0.6) is 0 Å². The van der Waals surface area contributed by atoms with Gasteiger partial charge in [0.25, 0.3) is 0 Å². The second-order valence-electron chi connectivity index (χ2n) is 3.00. The van der Waals surface area contributed by atoms with Crippen LogP contribution < -0.4 is 0 Å². The zero-order chi connectivity index (χ0) is 11.1. The molecule has 1 atom stereocenters. The molecule has 3 heteroatoms. The highest BCUT2D eigenvalue weighted by molar-refractivity contribution is 9.09. The summed E-state index contributed by atoms with van der Waals surface area (Å²) in [6.45, 7) is 1.94. The minimum absolute atomic E-state index is 0.203. The number of alkyl halides is 1. The predicted molar refractivity (Wildman–Crippen MR) is 64.6 cm³/mol. The van der Waals surface area contributed by atoms with Crippen molar-refractivity contribution in [3.63, 3.8) is 0 Å². The van der Waals surface area contributed by atoms with Crippen LogP contribution in [0, 0.1) is 0 Å². The molecule has 0 radical (unpaired) electrons. The van der Waals surface area contributed by atoms with E-state index in [1.165, 1.54) is 6.08 Å². The van der Waals surface area contributed by atoms with E-state index in [1.54, 1.807) is 6.08 Å². The number of benzene rings is 1. The summed E-state index contributed by atoms with van der Waals surface area (Å²) >= 11 is 3.23. The van der Waals surface area contributed by atoms with Gasteiger partial charge in [-0.25, -0.2) is 4.79 Å². The number of halogens is 1. The summed E-state index contributed by atoms with van der Waals surface area (Å²) < 4.78 is 5.01. The predicted octanol–water partition coefficient (Wildman–Crippen LogP) is 3.37. The van der Waals surface area contributed by atoms with E-state index in [0.717, 1.165) is 12.0 Å². The summed E-state index contributed by atoms with van der Waals surface area (Å²) in [7, 11) is 0. The Labute approximate surface area is 98.1 Å². The number of hydrogen-bond acceptors (Lipinski definition) is 2. The molecule has 1 rings (SSSR count). The number of rotatable bonds is 4. The van der Waals surface area contributed by atoms with Crippen LogP contribution in [0.3, 0.4) is 0 Å². The Morgan fingerprint density at radius 2 is 2.13 bits per heavy atom. The maximum Gasteiger partial charge on any atom is 0.331 e. The van der Waals surface area contributed by atoms with Crippen molar-refractivity contribution in [2.45, 2.75) is 18.4 Å². The monoisotopic (exact) mass is 268 g/mol. The van der Waals surface area contributed by atoms with Crippen molar-refractivity contribution in [2.24, 2.45) is 0 Å². The first kappa shape index (κ1) is 12.0. The lowest BCUT2D eigenvalue weighted by Crippen LogP contribution is -2.08. The van der Waals surface area contributed by atoms with Crippen LogP contribution in [0.25, 0.3) is 6.08 Å². The lowest BCUT2D eigenvalue weighted by atomic mass is 10.2. The SMILES string of the molecule is CCC(Br)OC(=O)C=Cc1ccccc1. The fraction of sp³-hybridized carbons (Fsp3) is 0.250. The van der Waals surface area contributed by atoms with Crippen LogP contribution in [0.2, 0.25) is 0 Å². The molecule has 0 saturated carbocycles. The lowest BCUT2D eigenvalue weighted by Gasteiger charge is -2.05. The highest BCUT2D eigenvalue weighted by Gasteiger charge is 2.04. The Balaban J connectivity index is 2.48. The number of carbonyl (C=O) groups excluding carboxylic acids is 1. The van der Waals surface area contributed by atoms with Gasteiger partial charge in [0.1, 0.15) is 0 Å². The van der Waals surface area contributed by atoms with Gasteiger partial charge >= 0.3 is 5.97 Å². The molecule has 0 bridgehead atoms. The van der Waals surface area contributed by atoms with Crippen LogP contribution in [0.1, 0.15) is 18.9 Å². The highest BCUT2D eigenvalue weighted by Crippen LogP contribution is 2.07. The fourth-order valence-corrected chi connectivity index (χ4v) is 1.16. The van der Waals surface area contributed by atoms with Gasteiger partial charge in [0.05, 0.1) is 0 Å². The number of ether oxygens (including phenoxy) is 1. The molecule has 1 aromatic carbocycles. The van der Waals surface area contributed by atoms with Gasteiger partial charge in [0.15, 0.2) is 5.01 Å². The zero-order valence-corrected chi connectivity index (χ0v) is 10.1. The van der Waals surface area contributed by atoms with Crippen molar-refractivity contribution in [2.75, 3.05) is 0 Å². The van der Waals surface area contributed by atoms with Crippen molar-refractivity contribution in [1.29, 1.82) is 0 Å². The van der Waals surface area contributed by atoms with E-state index in [1.807, 2.05) is 37.3 Å². The number of hydrogen-bond donors (Lipinski definition) is 0. The summed E-state index contributed by atoms with van der Waals surface area (Å²) in [5.41, 5.74) is 0.983. The maximum atomic E-state index is 11.2. The standard InChI is InChI=1S/C12H13BrO2/c1-2-11(13)15-12(14)9-8-10-6-4-3-5-7-10/h3-9,11H,2H2,1H3. The Kier molecular flexibility index (Phi) is 5.12. The molecule has 0 amide bonds. The molecule has 80 valence electrons. The van der Waals surface area contributed by atoms with Crippen molar-refractivity contribution in [3.05, 3.63) is 42.0 Å². The van der Waals surface area contributed by atoms with Crippen LogP contribution in [0.15, 0.2) is 36.4 Å². The van der Waals surface area contributed by atoms with Gasteiger partial charge in [-0.05, 0) is 34.0 Å². The van der Waals surface area contributed by atoms with E-state index in [9.17, 15) is 4.79 Å². The lowest BCUT2D eigenvalue weighted by molar-refractivity contribution is -0.138. The molecular weight excluding hydrogens is 256 g/mol. The highest BCUT2D eigenvalue weighted by atomic mass is 79.9. The minimum Gasteiger partial charge on any atom is -0.448 e. The minimum atomic E-state index is -0.331. The van der Waals surface area contributed by atoms with Crippen LogP contribution in [-0.2, 0) is 9.53 Å². The molecule has 0 aliphatic carbocycles. The Morgan fingerprint density at radius 1 is 1.47 bits per heavy atom. The van der Waals surface area contributed by atoms with Gasteiger partial charge in [-0.1, -0.05) is 37.3 Å². The van der Waals surface area contributed by atoms with Crippen molar-refractivity contribution >= 4 is 28.0 Å². The smallest absolute Gasteiger partial charge is 0.331 e. The quantitative estimate of drug-likeness (QED) is 0.476. The molecule has 0 N–H and O–H groups in total. The van der Waals surface area contributed by atoms with Gasteiger partial charge in [-0.15, -0.1) is 0 Å². The second-order valence-corrected chi connectivity index (χ2v) is 4.02. The van der Waals surface area contributed by atoms with E-state index in [0.29, 0.717) is 0 Å². The van der Waals surface area contributed by atoms with Gasteiger partial charge in [-0.3, -0.25) is 0 Å². The van der Waals surface area contributed by atoms with Gasteiger partial charge in [0.2, 0.25) is 0 Å². The molecule has 0 saturated heterocycles. The van der Waals surface area contributed by atoms with Gasteiger partial charge in [0, 0.05) is 6.08 Å². The molecule has 0 aromatic heterocycles. The molecule has 0 heterocycles. The van der Waals surface area contributed by atoms with Gasteiger partial charge < -0.3 is 4.74 Å². The summed E-state index contributed by atoms with van der Waals surface area (Å²) in [5.74, 6) is -0.331. The third kappa shape index (κ3) is 4.79. The Hall–Kier alpha value is -1.09. The summed E-state index contributed by atoms with van der Waals surface area (Å²) in [5, 5.41) is -0.203. The third-order valence-electron chi connectivity index (χ3n) is 1.78. The van der Waals surface area contributed by atoms with Crippen molar-refractivity contribution in [1.82, 2.24) is 0 Å². The van der Waals surface area contributed by atoms with E-state index < -0.39 is 0 Å². The van der Waals surface area contributed by atoms with Crippen LogP contribution in [0.4, 0.5) is 0 Å². The van der Waals surface area contributed by atoms with E-state index >= 15 is 0 Å². The summed E-state index contributed by atoms with van der Waals surface area (Å²) in [6.07, 6.45) is 3.92. The fourth-order valence-electron chi connectivity index (χ4n) is 0.977. The Bertz CT molecular complexity index is 333. The van der Waals surface area contributed by atoms with Crippen molar-refractivity contribution < 1.29 is 9.53 Å². The topological polar surface area (TPSA) is 26.3 Å². The first-order valence-electron chi connectivity index (χ1n) is 4.80. The third-order valence-corrected chi connectivity index (χ3v) is 2.61.